The zero-order valence-electron chi connectivity index (χ0n) is 16.7. The molecular weight excluding hydrogens is 387 g/mol. The average Bonchev–Trinajstić information content (AvgIpc) is 2.66. The molecule has 1 amide bonds. The maximum absolute atomic E-state index is 13.6. The first kappa shape index (κ1) is 21.2. The van der Waals surface area contributed by atoms with Crippen molar-refractivity contribution in [1.82, 2.24) is 9.88 Å². The third-order valence-corrected chi connectivity index (χ3v) is 5.71. The third kappa shape index (κ3) is 3.96. The van der Waals surface area contributed by atoms with Gasteiger partial charge in [-0.25, -0.2) is 9.37 Å². The number of aryl methyl sites for hydroxylation is 1. The topological polar surface area (TPSA) is 120 Å². The Balaban J connectivity index is 0.000000806. The van der Waals surface area contributed by atoms with Gasteiger partial charge in [-0.15, -0.1) is 0 Å². The van der Waals surface area contributed by atoms with Crippen molar-refractivity contribution in [2.45, 2.75) is 39.2 Å². The van der Waals surface area contributed by atoms with Gasteiger partial charge in [-0.3, -0.25) is 9.59 Å². The second-order valence-corrected chi connectivity index (χ2v) is 7.49. The van der Waals surface area contributed by atoms with Gasteiger partial charge in [0, 0.05) is 36.6 Å². The van der Waals surface area contributed by atoms with Crippen LogP contribution in [0.3, 0.4) is 0 Å². The molecule has 1 saturated carbocycles. The Hall–Kier alpha value is -3.47. The van der Waals surface area contributed by atoms with Crippen molar-refractivity contribution >= 4 is 18.2 Å². The van der Waals surface area contributed by atoms with Gasteiger partial charge >= 0.3 is 0 Å². The summed E-state index contributed by atoms with van der Waals surface area (Å²) in [5, 5.41) is 16.6. The fourth-order valence-corrected chi connectivity index (χ4v) is 4.00. The monoisotopic (exact) mass is 410 g/mol. The molecule has 0 saturated heterocycles. The number of anilines is 1. The second kappa shape index (κ2) is 8.91. The Morgan fingerprint density at radius 1 is 1.43 bits per heavy atom. The van der Waals surface area contributed by atoms with Gasteiger partial charge < -0.3 is 15.7 Å². The predicted octanol–water partition coefficient (Wildman–Crippen LogP) is 3.04. The van der Waals surface area contributed by atoms with Crippen LogP contribution in [0.15, 0.2) is 18.2 Å². The highest BCUT2D eigenvalue weighted by atomic mass is 19.1. The van der Waals surface area contributed by atoms with E-state index in [9.17, 15) is 14.4 Å². The molecular formula is C22H23FN4O3. The molecule has 0 atom stereocenters. The summed E-state index contributed by atoms with van der Waals surface area (Å²) in [7, 11) is 0. The van der Waals surface area contributed by atoms with Gasteiger partial charge in [0.25, 0.3) is 6.47 Å². The number of carbonyl (C=O) groups excluding carboxylic acids is 1. The second-order valence-electron chi connectivity index (χ2n) is 7.49. The van der Waals surface area contributed by atoms with Crippen LogP contribution >= 0.6 is 0 Å². The fraction of sp³-hybridized carbons (Fsp3) is 0.364. The molecule has 0 spiro atoms. The Morgan fingerprint density at radius 3 is 2.70 bits per heavy atom. The lowest BCUT2D eigenvalue weighted by atomic mass is 9.83. The minimum atomic E-state index is -0.326. The number of fused-ring (bicyclic) bond motifs is 1. The van der Waals surface area contributed by atoms with E-state index in [1.165, 1.54) is 12.1 Å². The van der Waals surface area contributed by atoms with Crippen molar-refractivity contribution < 1.29 is 19.1 Å². The number of nitrogens with zero attached hydrogens (tertiary/aromatic N) is 3. The van der Waals surface area contributed by atoms with E-state index in [4.69, 9.17) is 15.6 Å². The van der Waals surface area contributed by atoms with Crippen LogP contribution in [0.2, 0.25) is 0 Å². The van der Waals surface area contributed by atoms with Gasteiger partial charge in [0.05, 0.1) is 5.69 Å². The zero-order valence-corrected chi connectivity index (χ0v) is 16.7. The molecule has 1 aliphatic carbocycles. The molecule has 4 rings (SSSR count). The molecule has 0 radical (unpaired) electrons. The molecule has 2 heterocycles. The van der Waals surface area contributed by atoms with E-state index < -0.39 is 0 Å². The van der Waals surface area contributed by atoms with E-state index in [2.05, 4.69) is 11.1 Å². The average molecular weight is 410 g/mol. The number of carbonyl (C=O) groups is 2. The molecule has 156 valence electrons. The van der Waals surface area contributed by atoms with Crippen LogP contribution in [0.4, 0.5) is 10.2 Å². The van der Waals surface area contributed by atoms with Gasteiger partial charge in [0.2, 0.25) is 5.91 Å². The number of hydrogen-bond acceptors (Lipinski definition) is 5. The Bertz CT molecular complexity index is 1030. The molecule has 7 nitrogen and oxygen atoms in total. The van der Waals surface area contributed by atoms with E-state index in [0.717, 1.165) is 41.6 Å². The van der Waals surface area contributed by atoms with Crippen LogP contribution in [0.25, 0.3) is 11.1 Å². The van der Waals surface area contributed by atoms with Crippen molar-refractivity contribution in [3.63, 3.8) is 0 Å². The molecule has 3 N–H and O–H groups in total. The fourth-order valence-electron chi connectivity index (χ4n) is 4.00. The van der Waals surface area contributed by atoms with Gasteiger partial charge in [-0.1, -0.05) is 12.5 Å². The summed E-state index contributed by atoms with van der Waals surface area (Å²) < 4.78 is 13.6. The highest BCUT2D eigenvalue weighted by Gasteiger charge is 2.33. The number of amides is 1. The number of halogens is 1. The molecule has 8 heteroatoms. The lowest BCUT2D eigenvalue weighted by molar-refractivity contribution is -0.139. The lowest BCUT2D eigenvalue weighted by Crippen LogP contribution is -2.42. The summed E-state index contributed by atoms with van der Waals surface area (Å²) in [6, 6.07) is 6.66. The quantitative estimate of drug-likeness (QED) is 0.734. The molecule has 1 aliphatic heterocycles. The Morgan fingerprint density at radius 2 is 2.13 bits per heavy atom. The van der Waals surface area contributed by atoms with Gasteiger partial charge in [-0.2, -0.15) is 5.26 Å². The maximum atomic E-state index is 13.6. The highest BCUT2D eigenvalue weighted by Crippen LogP contribution is 2.38. The van der Waals surface area contributed by atoms with Crippen LogP contribution in [-0.2, 0) is 22.6 Å². The molecule has 1 fully saturated rings. The van der Waals surface area contributed by atoms with Gasteiger partial charge in [0.1, 0.15) is 23.3 Å². The van der Waals surface area contributed by atoms with Crippen molar-refractivity contribution in [2.24, 2.45) is 5.92 Å². The van der Waals surface area contributed by atoms with Crippen LogP contribution in [0.5, 0.6) is 0 Å². The molecule has 2 aliphatic rings. The van der Waals surface area contributed by atoms with Gasteiger partial charge in [-0.05, 0) is 43.0 Å². The number of hydrogen-bond donors (Lipinski definition) is 2. The number of nitrogens with two attached hydrogens (primary N) is 1. The molecule has 1 aromatic carbocycles. The van der Waals surface area contributed by atoms with E-state index in [1.54, 1.807) is 6.07 Å². The molecule has 2 aromatic rings. The number of nitriles is 1. The first-order valence-electron chi connectivity index (χ1n) is 9.75. The highest BCUT2D eigenvalue weighted by molar-refractivity contribution is 5.83. The van der Waals surface area contributed by atoms with Crippen LogP contribution in [0, 0.1) is 30.0 Å². The van der Waals surface area contributed by atoms with E-state index in [-0.39, 0.29) is 29.9 Å². The summed E-state index contributed by atoms with van der Waals surface area (Å²) in [5.41, 5.74) is 10.2. The third-order valence-electron chi connectivity index (χ3n) is 5.71. The van der Waals surface area contributed by atoms with Gasteiger partial charge in [0.15, 0.2) is 0 Å². The molecule has 0 bridgehead atoms. The summed E-state index contributed by atoms with van der Waals surface area (Å²) in [6.45, 7) is 2.59. The smallest absolute Gasteiger partial charge is 0.290 e. The predicted molar refractivity (Wildman–Crippen MR) is 109 cm³/mol. The lowest BCUT2D eigenvalue weighted by Gasteiger charge is -2.35. The zero-order chi connectivity index (χ0) is 21.8. The summed E-state index contributed by atoms with van der Waals surface area (Å²) in [4.78, 5) is 27.4. The minimum Gasteiger partial charge on any atom is -0.483 e. The summed E-state index contributed by atoms with van der Waals surface area (Å²) >= 11 is 0. The number of aromatic nitrogens is 1. The summed E-state index contributed by atoms with van der Waals surface area (Å²) in [6.07, 6.45) is 3.62. The van der Waals surface area contributed by atoms with Crippen LogP contribution < -0.4 is 5.73 Å². The number of benzene rings is 1. The first-order chi connectivity index (χ1) is 14.4. The number of nitrogen functional groups attached to an aromatic ring is 1. The number of carboxylic acid groups (broad SMARTS) is 1. The molecule has 0 unspecified atom stereocenters. The minimum absolute atomic E-state index is 0.125. The molecule has 30 heavy (non-hydrogen) atoms. The van der Waals surface area contributed by atoms with Crippen molar-refractivity contribution in [3.05, 3.63) is 46.4 Å². The van der Waals surface area contributed by atoms with E-state index >= 15 is 0 Å². The number of rotatable bonds is 2. The van der Waals surface area contributed by atoms with E-state index in [1.807, 2.05) is 11.8 Å². The SMILES string of the molecule is Cc1cc(F)ccc1-c1c(C#N)c(N)nc2c1CN(C(=O)C1CCC1)CC2.O=CO. The number of pyridine rings is 1. The van der Waals surface area contributed by atoms with Crippen molar-refractivity contribution in [2.75, 3.05) is 12.3 Å². The molecule has 1 aromatic heterocycles. The van der Waals surface area contributed by atoms with E-state index in [0.29, 0.717) is 30.6 Å². The first-order valence-corrected chi connectivity index (χ1v) is 9.75. The summed E-state index contributed by atoms with van der Waals surface area (Å²) in [5.74, 6) is 0.171. The largest absolute Gasteiger partial charge is 0.483 e. The van der Waals surface area contributed by atoms with Crippen LogP contribution in [0.1, 0.15) is 41.6 Å². The Kier molecular flexibility index (Phi) is 6.31. The maximum Gasteiger partial charge on any atom is 0.290 e. The standard InChI is InChI=1S/C21H21FN4O.CH2O2/c1-12-9-14(22)5-6-15(12)19-16(10-23)20(24)25-18-7-8-26(11-17(18)19)21(27)13-3-2-4-13;2-1-3/h5-6,9,13H,2-4,7-8,11H2,1H3,(H2,24,25);1H,(H,2,3). The van der Waals surface area contributed by atoms with Crippen LogP contribution in [-0.4, -0.2) is 33.9 Å². The normalized spacial score (nSPS) is 15.2. The Labute approximate surface area is 173 Å². The van der Waals surface area contributed by atoms with Crippen molar-refractivity contribution in [3.8, 4) is 17.2 Å². The van der Waals surface area contributed by atoms with Crippen molar-refractivity contribution in [1.29, 1.82) is 5.26 Å².